The first kappa shape index (κ1) is 15.2. The van der Waals surface area contributed by atoms with Crippen LogP contribution in [0, 0.1) is 0 Å². The molecule has 0 spiro atoms. The lowest BCUT2D eigenvalue weighted by molar-refractivity contribution is -0.121. The maximum atomic E-state index is 12.0. The molecule has 100 valence electrons. The van der Waals surface area contributed by atoms with Crippen LogP contribution < -0.4 is 11.1 Å². The number of nitrogen functional groups attached to an aromatic ring is 1. The van der Waals surface area contributed by atoms with Crippen molar-refractivity contribution in [1.29, 1.82) is 0 Å². The Morgan fingerprint density at radius 2 is 2.17 bits per heavy atom. The number of amides is 1. The lowest BCUT2D eigenvalue weighted by Crippen LogP contribution is -2.30. The van der Waals surface area contributed by atoms with Crippen LogP contribution in [0.5, 0.6) is 0 Å². The third-order valence-electron chi connectivity index (χ3n) is 2.19. The minimum Gasteiger partial charge on any atom is -0.398 e. The van der Waals surface area contributed by atoms with Gasteiger partial charge >= 0.3 is 0 Å². The van der Waals surface area contributed by atoms with Crippen LogP contribution in [0.4, 0.5) is 5.69 Å². The molecule has 0 aliphatic rings. The predicted octanol–water partition coefficient (Wildman–Crippen LogP) is 2.05. The van der Waals surface area contributed by atoms with Crippen molar-refractivity contribution in [1.82, 2.24) is 5.32 Å². The van der Waals surface area contributed by atoms with Gasteiger partial charge in [0.2, 0.25) is 5.91 Å². The maximum absolute atomic E-state index is 12.0. The molecule has 0 saturated heterocycles. The van der Waals surface area contributed by atoms with Crippen molar-refractivity contribution < 1.29 is 9.00 Å². The van der Waals surface area contributed by atoms with Gasteiger partial charge in [-0.2, -0.15) is 0 Å². The van der Waals surface area contributed by atoms with Gasteiger partial charge in [0.25, 0.3) is 0 Å². The van der Waals surface area contributed by atoms with E-state index in [-0.39, 0.29) is 24.1 Å². The normalized spacial score (nSPS) is 12.4. The number of nitrogens with two attached hydrogens (primary N) is 1. The van der Waals surface area contributed by atoms with Gasteiger partial charge in [-0.25, -0.2) is 0 Å². The van der Waals surface area contributed by atoms with Gasteiger partial charge < -0.3 is 11.1 Å². The number of rotatable bonds is 5. The number of carbonyl (C=O) groups is 1. The minimum atomic E-state index is -1.26. The molecule has 0 heterocycles. The van der Waals surface area contributed by atoms with Crippen LogP contribution >= 0.6 is 15.9 Å². The average molecular weight is 333 g/mol. The van der Waals surface area contributed by atoms with E-state index in [4.69, 9.17) is 5.73 Å². The number of halogens is 1. The van der Waals surface area contributed by atoms with Crippen molar-refractivity contribution in [2.75, 3.05) is 11.5 Å². The first-order chi connectivity index (χ1) is 8.40. The van der Waals surface area contributed by atoms with Gasteiger partial charge in [0.05, 0.1) is 15.7 Å². The molecule has 18 heavy (non-hydrogen) atoms. The number of hydrogen-bond acceptors (Lipinski definition) is 3. The van der Waals surface area contributed by atoms with E-state index < -0.39 is 10.8 Å². The second-order valence-corrected chi connectivity index (χ2v) is 6.66. The van der Waals surface area contributed by atoms with E-state index in [1.165, 1.54) is 0 Å². The van der Waals surface area contributed by atoms with Gasteiger partial charge in [0.15, 0.2) is 0 Å². The molecule has 6 heteroatoms. The van der Waals surface area contributed by atoms with Crippen LogP contribution in [0.15, 0.2) is 27.6 Å². The predicted molar refractivity (Wildman–Crippen MR) is 77.7 cm³/mol. The average Bonchev–Trinajstić information content (AvgIpc) is 2.28. The largest absolute Gasteiger partial charge is 0.398 e. The summed E-state index contributed by atoms with van der Waals surface area (Å²) in [7, 11) is -1.26. The van der Waals surface area contributed by atoms with Crippen molar-refractivity contribution in [2.24, 2.45) is 0 Å². The van der Waals surface area contributed by atoms with Gasteiger partial charge in [-0.3, -0.25) is 9.00 Å². The molecule has 0 aromatic heterocycles. The Bertz CT molecular complexity index is 463. The maximum Gasteiger partial charge on any atom is 0.221 e. The highest BCUT2D eigenvalue weighted by Crippen LogP contribution is 2.22. The van der Waals surface area contributed by atoms with Crippen molar-refractivity contribution in [2.45, 2.75) is 31.2 Å². The molecule has 1 unspecified atom stereocenters. The molecule has 0 bridgehead atoms. The van der Waals surface area contributed by atoms with E-state index in [1.54, 1.807) is 18.2 Å². The molecule has 0 radical (unpaired) electrons. The Morgan fingerprint density at radius 3 is 2.78 bits per heavy atom. The number of benzene rings is 1. The molecule has 1 aromatic carbocycles. The SMILES string of the molecule is CC(C)NC(=O)CCS(=O)c1cc(Br)ccc1N. The Kier molecular flexibility index (Phi) is 5.81. The van der Waals surface area contributed by atoms with Crippen molar-refractivity contribution >= 4 is 38.3 Å². The van der Waals surface area contributed by atoms with Crippen LogP contribution in [0.2, 0.25) is 0 Å². The summed E-state index contributed by atoms with van der Waals surface area (Å²) in [4.78, 5) is 12.0. The molecule has 0 aliphatic carbocycles. The monoisotopic (exact) mass is 332 g/mol. The summed E-state index contributed by atoms with van der Waals surface area (Å²) in [6.45, 7) is 3.78. The highest BCUT2D eigenvalue weighted by Gasteiger charge is 2.11. The van der Waals surface area contributed by atoms with E-state index in [0.717, 1.165) is 4.47 Å². The van der Waals surface area contributed by atoms with Crippen LogP contribution in [-0.2, 0) is 15.6 Å². The summed E-state index contributed by atoms with van der Waals surface area (Å²) in [5, 5.41) is 2.76. The molecule has 4 nitrogen and oxygen atoms in total. The summed E-state index contributed by atoms with van der Waals surface area (Å²) >= 11 is 3.31. The Balaban J connectivity index is 2.60. The first-order valence-electron chi connectivity index (χ1n) is 5.63. The van der Waals surface area contributed by atoms with Crippen LogP contribution in [0.25, 0.3) is 0 Å². The molecule has 3 N–H and O–H groups in total. The molecule has 1 amide bonds. The summed E-state index contributed by atoms with van der Waals surface area (Å²) < 4.78 is 12.9. The molecular formula is C12H17BrN2O2S. The van der Waals surface area contributed by atoms with Crippen LogP contribution in [0.1, 0.15) is 20.3 Å². The van der Waals surface area contributed by atoms with Gasteiger partial charge in [-0.1, -0.05) is 15.9 Å². The Labute approximate surface area is 118 Å². The molecule has 0 fully saturated rings. The zero-order valence-corrected chi connectivity index (χ0v) is 12.8. The van der Waals surface area contributed by atoms with Crippen LogP contribution in [-0.4, -0.2) is 21.9 Å². The fraction of sp³-hybridized carbons (Fsp3) is 0.417. The number of carbonyl (C=O) groups excluding carboxylic acids is 1. The third-order valence-corrected chi connectivity index (χ3v) is 4.10. The summed E-state index contributed by atoms with van der Waals surface area (Å²) in [6, 6.07) is 5.32. The Hall–Kier alpha value is -0.880. The van der Waals surface area contributed by atoms with E-state index in [1.807, 2.05) is 13.8 Å². The standard InChI is InChI=1S/C12H17BrN2O2S/c1-8(2)15-12(16)5-6-18(17)11-7-9(13)3-4-10(11)14/h3-4,7-8H,5-6,14H2,1-2H3,(H,15,16). The van der Waals surface area contributed by atoms with E-state index in [9.17, 15) is 9.00 Å². The summed E-state index contributed by atoms with van der Waals surface area (Å²) in [5.74, 6) is 0.186. The first-order valence-corrected chi connectivity index (χ1v) is 7.74. The van der Waals surface area contributed by atoms with Gasteiger partial charge in [-0.15, -0.1) is 0 Å². The highest BCUT2D eigenvalue weighted by molar-refractivity contribution is 9.10. The second kappa shape index (κ2) is 6.89. The minimum absolute atomic E-state index is 0.0908. The molecule has 0 aliphatic heterocycles. The molecular weight excluding hydrogens is 316 g/mol. The molecule has 1 atom stereocenters. The van der Waals surface area contributed by atoms with Crippen molar-refractivity contribution in [3.63, 3.8) is 0 Å². The zero-order chi connectivity index (χ0) is 13.7. The molecule has 0 saturated carbocycles. The molecule has 1 rings (SSSR count). The Morgan fingerprint density at radius 1 is 1.50 bits per heavy atom. The lowest BCUT2D eigenvalue weighted by atomic mass is 10.3. The number of nitrogens with one attached hydrogen (secondary N) is 1. The van der Waals surface area contributed by atoms with E-state index in [0.29, 0.717) is 10.6 Å². The van der Waals surface area contributed by atoms with Crippen molar-refractivity contribution in [3.8, 4) is 0 Å². The molecule has 1 aromatic rings. The van der Waals surface area contributed by atoms with Gasteiger partial charge in [0, 0.05) is 28.4 Å². The fourth-order valence-corrected chi connectivity index (χ4v) is 3.09. The second-order valence-electron chi connectivity index (χ2n) is 4.20. The van der Waals surface area contributed by atoms with Gasteiger partial charge in [-0.05, 0) is 32.0 Å². The third kappa shape index (κ3) is 4.78. The zero-order valence-electron chi connectivity index (χ0n) is 10.4. The van der Waals surface area contributed by atoms with E-state index in [2.05, 4.69) is 21.2 Å². The van der Waals surface area contributed by atoms with E-state index >= 15 is 0 Å². The quantitative estimate of drug-likeness (QED) is 0.810. The van der Waals surface area contributed by atoms with Gasteiger partial charge in [0.1, 0.15) is 0 Å². The summed E-state index contributed by atoms with van der Waals surface area (Å²) in [5.41, 5.74) is 6.25. The highest BCUT2D eigenvalue weighted by atomic mass is 79.9. The number of anilines is 1. The lowest BCUT2D eigenvalue weighted by Gasteiger charge is -2.09. The smallest absolute Gasteiger partial charge is 0.221 e. The van der Waals surface area contributed by atoms with Crippen LogP contribution in [0.3, 0.4) is 0 Å². The van der Waals surface area contributed by atoms with Crippen molar-refractivity contribution in [3.05, 3.63) is 22.7 Å². The summed E-state index contributed by atoms with van der Waals surface area (Å²) in [6.07, 6.45) is 0.233. The fourth-order valence-electron chi connectivity index (χ4n) is 1.39. The topological polar surface area (TPSA) is 72.2 Å². The number of hydrogen-bond donors (Lipinski definition) is 2.